The van der Waals surface area contributed by atoms with Gasteiger partial charge in [-0.3, -0.25) is 4.79 Å². The van der Waals surface area contributed by atoms with Gasteiger partial charge in [-0.2, -0.15) is 5.26 Å². The van der Waals surface area contributed by atoms with E-state index in [1.54, 1.807) is 11.4 Å². The molecule has 0 radical (unpaired) electrons. The predicted octanol–water partition coefficient (Wildman–Crippen LogP) is 3.29. The fourth-order valence-corrected chi connectivity index (χ4v) is 3.26. The highest BCUT2D eigenvalue weighted by molar-refractivity contribution is 7.13. The summed E-state index contributed by atoms with van der Waals surface area (Å²) in [6, 6.07) is 10.5. The van der Waals surface area contributed by atoms with Gasteiger partial charge >= 0.3 is 0 Å². The highest BCUT2D eigenvalue weighted by Gasteiger charge is 2.14. The number of benzene rings is 1. The topological polar surface area (TPSA) is 98.9 Å². The second-order valence-corrected chi connectivity index (χ2v) is 6.66. The van der Waals surface area contributed by atoms with Crippen LogP contribution in [0.3, 0.4) is 0 Å². The van der Waals surface area contributed by atoms with Crippen LogP contribution in [0.25, 0.3) is 10.7 Å². The van der Waals surface area contributed by atoms with Crippen molar-refractivity contribution in [3.63, 3.8) is 0 Å². The van der Waals surface area contributed by atoms with Gasteiger partial charge in [-0.25, -0.2) is 9.97 Å². The maximum atomic E-state index is 12.1. The molecule has 0 saturated carbocycles. The summed E-state index contributed by atoms with van der Waals surface area (Å²) < 4.78 is 0. The van der Waals surface area contributed by atoms with Crippen molar-refractivity contribution in [3.8, 4) is 22.5 Å². The number of nitrogens with one attached hydrogen (secondary N) is 1. The van der Waals surface area contributed by atoms with E-state index >= 15 is 0 Å². The molecule has 0 bridgehead atoms. The molecule has 6 nitrogen and oxygen atoms in total. The van der Waals surface area contributed by atoms with Gasteiger partial charge < -0.3 is 10.4 Å². The Morgan fingerprint density at radius 2 is 2.19 bits per heavy atom. The highest BCUT2D eigenvalue weighted by atomic mass is 35.5. The number of halogens is 1. The van der Waals surface area contributed by atoms with E-state index in [0.29, 0.717) is 22.3 Å². The van der Waals surface area contributed by atoms with E-state index in [1.165, 1.54) is 23.6 Å². The van der Waals surface area contributed by atoms with Gasteiger partial charge in [0, 0.05) is 29.2 Å². The summed E-state index contributed by atoms with van der Waals surface area (Å²) in [5, 5.41) is 24.4. The second-order valence-electron chi connectivity index (χ2n) is 5.39. The molecule has 0 unspecified atom stereocenters. The van der Waals surface area contributed by atoms with Crippen molar-refractivity contribution in [2.24, 2.45) is 0 Å². The minimum atomic E-state index is -0.182. The van der Waals surface area contributed by atoms with Crippen LogP contribution in [-0.4, -0.2) is 21.0 Å². The van der Waals surface area contributed by atoms with E-state index in [4.69, 9.17) is 16.9 Å². The molecule has 2 heterocycles. The zero-order valence-corrected chi connectivity index (χ0v) is 15.0. The number of thiazole rings is 1. The number of hydrogen-bond donors (Lipinski definition) is 2. The number of carbonyl (C=O) groups excluding carboxylic acids is 1. The average Bonchev–Trinajstić information content (AvgIpc) is 3.09. The molecule has 0 aliphatic carbocycles. The molecule has 26 heavy (non-hydrogen) atoms. The molecule has 1 aromatic carbocycles. The van der Waals surface area contributed by atoms with Crippen LogP contribution in [0.5, 0.6) is 5.75 Å². The van der Waals surface area contributed by atoms with Crippen molar-refractivity contribution < 1.29 is 9.90 Å². The Morgan fingerprint density at radius 3 is 2.92 bits per heavy atom. The lowest BCUT2D eigenvalue weighted by Crippen LogP contribution is -2.24. The number of hydrogen-bond acceptors (Lipinski definition) is 6. The minimum Gasteiger partial charge on any atom is -0.506 e. The summed E-state index contributed by atoms with van der Waals surface area (Å²) in [6.07, 6.45) is 1.48. The lowest BCUT2D eigenvalue weighted by atomic mass is 10.2. The molecule has 1 amide bonds. The molecule has 0 saturated heterocycles. The van der Waals surface area contributed by atoms with Crippen LogP contribution >= 0.6 is 22.9 Å². The summed E-state index contributed by atoms with van der Waals surface area (Å²) in [5.41, 5.74) is 1.97. The van der Waals surface area contributed by atoms with Gasteiger partial charge in [0.1, 0.15) is 22.5 Å². The molecule has 8 heteroatoms. The number of pyridine rings is 1. The number of carbonyl (C=O) groups is 1. The van der Waals surface area contributed by atoms with Gasteiger partial charge in [0.2, 0.25) is 5.91 Å². The first kappa shape index (κ1) is 17.9. The summed E-state index contributed by atoms with van der Waals surface area (Å²) >= 11 is 7.33. The quantitative estimate of drug-likeness (QED) is 0.703. The largest absolute Gasteiger partial charge is 0.506 e. The van der Waals surface area contributed by atoms with E-state index in [1.807, 2.05) is 24.3 Å². The van der Waals surface area contributed by atoms with Gasteiger partial charge in [-0.05, 0) is 11.6 Å². The van der Waals surface area contributed by atoms with E-state index in [-0.39, 0.29) is 29.3 Å². The van der Waals surface area contributed by atoms with E-state index in [9.17, 15) is 9.90 Å². The first-order valence-electron chi connectivity index (χ1n) is 7.61. The Bertz CT molecular complexity index is 997. The third-order valence-electron chi connectivity index (χ3n) is 3.53. The number of amides is 1. The van der Waals surface area contributed by atoms with Crippen molar-refractivity contribution in [2.45, 2.75) is 13.0 Å². The molecule has 130 valence electrons. The van der Waals surface area contributed by atoms with Crippen LogP contribution in [0.4, 0.5) is 0 Å². The maximum absolute atomic E-state index is 12.1. The van der Waals surface area contributed by atoms with Gasteiger partial charge in [-0.1, -0.05) is 29.8 Å². The first-order valence-corrected chi connectivity index (χ1v) is 8.86. The molecule has 0 atom stereocenters. The standard InChI is InChI=1S/C18H13ClN4O2S/c19-14-4-2-1-3-12(14)9-21-16(25)6-13-10-26-18(23-13)17-15(24)5-11(7-20)8-22-17/h1-5,8,10,24H,6,9H2,(H,21,25). The molecular formula is C18H13ClN4O2S. The van der Waals surface area contributed by atoms with Gasteiger partial charge in [0.05, 0.1) is 17.7 Å². The van der Waals surface area contributed by atoms with Crippen molar-refractivity contribution in [1.29, 1.82) is 5.26 Å². The Labute approximate surface area is 158 Å². The van der Waals surface area contributed by atoms with Crippen LogP contribution in [0.2, 0.25) is 5.02 Å². The Kier molecular flexibility index (Phi) is 5.46. The Balaban J connectivity index is 1.64. The van der Waals surface area contributed by atoms with Crippen molar-refractivity contribution in [3.05, 3.63) is 63.8 Å². The Morgan fingerprint density at radius 1 is 1.38 bits per heavy atom. The van der Waals surface area contributed by atoms with E-state index in [2.05, 4.69) is 15.3 Å². The number of nitrogens with zero attached hydrogens (tertiary/aromatic N) is 3. The minimum absolute atomic E-state index is 0.109. The van der Waals surface area contributed by atoms with Gasteiger partial charge in [-0.15, -0.1) is 11.3 Å². The summed E-state index contributed by atoms with van der Waals surface area (Å²) in [4.78, 5) is 20.5. The van der Waals surface area contributed by atoms with Crippen LogP contribution in [-0.2, 0) is 17.8 Å². The maximum Gasteiger partial charge on any atom is 0.226 e. The third kappa shape index (κ3) is 4.17. The van der Waals surface area contributed by atoms with Gasteiger partial charge in [0.25, 0.3) is 0 Å². The monoisotopic (exact) mass is 384 g/mol. The van der Waals surface area contributed by atoms with Crippen LogP contribution < -0.4 is 5.32 Å². The first-order chi connectivity index (χ1) is 12.6. The zero-order valence-electron chi connectivity index (χ0n) is 13.4. The molecule has 0 aliphatic rings. The van der Waals surface area contributed by atoms with Crippen LogP contribution in [0, 0.1) is 11.3 Å². The molecule has 2 N–H and O–H groups in total. The molecule has 3 aromatic rings. The molecular weight excluding hydrogens is 372 g/mol. The zero-order chi connectivity index (χ0) is 18.5. The number of rotatable bonds is 5. The summed E-state index contributed by atoms with van der Waals surface area (Å²) in [6.45, 7) is 0.341. The summed E-state index contributed by atoms with van der Waals surface area (Å²) in [5.74, 6) is -0.299. The van der Waals surface area contributed by atoms with E-state index in [0.717, 1.165) is 5.56 Å². The number of aromatic hydroxyl groups is 1. The highest BCUT2D eigenvalue weighted by Crippen LogP contribution is 2.30. The normalized spacial score (nSPS) is 10.3. The molecule has 0 spiro atoms. The van der Waals surface area contributed by atoms with E-state index < -0.39 is 0 Å². The van der Waals surface area contributed by atoms with Crippen LogP contribution in [0.1, 0.15) is 16.8 Å². The Hall–Kier alpha value is -2.95. The number of aromatic nitrogens is 2. The predicted molar refractivity (Wildman–Crippen MR) is 98.7 cm³/mol. The molecule has 3 rings (SSSR count). The SMILES string of the molecule is N#Cc1cnc(-c2nc(CC(=O)NCc3ccccc3Cl)cs2)c(O)c1. The lowest BCUT2D eigenvalue weighted by Gasteiger charge is -2.06. The smallest absolute Gasteiger partial charge is 0.226 e. The van der Waals surface area contributed by atoms with Crippen molar-refractivity contribution in [2.75, 3.05) is 0 Å². The summed E-state index contributed by atoms with van der Waals surface area (Å²) in [7, 11) is 0. The third-order valence-corrected chi connectivity index (χ3v) is 4.79. The second kappa shape index (κ2) is 7.95. The number of nitriles is 1. The van der Waals surface area contributed by atoms with Crippen molar-refractivity contribution in [1.82, 2.24) is 15.3 Å². The molecule has 2 aromatic heterocycles. The van der Waals surface area contributed by atoms with Gasteiger partial charge in [0.15, 0.2) is 0 Å². The average molecular weight is 385 g/mol. The van der Waals surface area contributed by atoms with Crippen LogP contribution in [0.15, 0.2) is 41.9 Å². The molecule has 0 aliphatic heterocycles. The van der Waals surface area contributed by atoms with Crippen molar-refractivity contribution >= 4 is 28.8 Å². The molecule has 0 fully saturated rings. The fraction of sp³-hybridized carbons (Fsp3) is 0.111. The fourth-order valence-electron chi connectivity index (χ4n) is 2.24. The lowest BCUT2D eigenvalue weighted by molar-refractivity contribution is -0.120.